The van der Waals surface area contributed by atoms with Gasteiger partial charge in [-0.3, -0.25) is 4.68 Å². The number of aromatic nitrogens is 2. The Kier molecular flexibility index (Phi) is 2.73. The van der Waals surface area contributed by atoms with Gasteiger partial charge in [-0.05, 0) is 37.6 Å². The first-order valence-electron chi connectivity index (χ1n) is 6.10. The highest BCUT2D eigenvalue weighted by molar-refractivity contribution is 5.79. The van der Waals surface area contributed by atoms with Crippen LogP contribution in [0.3, 0.4) is 0 Å². The summed E-state index contributed by atoms with van der Waals surface area (Å²) in [5, 5.41) is 9.20. The first kappa shape index (κ1) is 10.6. The van der Waals surface area contributed by atoms with Crippen molar-refractivity contribution in [2.75, 3.05) is 13.7 Å². The van der Waals surface area contributed by atoms with Gasteiger partial charge in [0, 0.05) is 17.6 Å². The van der Waals surface area contributed by atoms with Crippen LogP contribution in [0.25, 0.3) is 10.9 Å². The molecule has 0 spiro atoms. The molecular weight excluding hydrogens is 214 g/mol. The number of methoxy groups -OCH3 is 1. The third-order valence-electron chi connectivity index (χ3n) is 3.33. The van der Waals surface area contributed by atoms with Crippen LogP contribution in [-0.4, -0.2) is 29.5 Å². The smallest absolute Gasteiger partial charge is 0.119 e. The summed E-state index contributed by atoms with van der Waals surface area (Å²) in [4.78, 5) is 0. The maximum atomic E-state index is 5.22. The van der Waals surface area contributed by atoms with E-state index >= 15 is 0 Å². The zero-order valence-corrected chi connectivity index (χ0v) is 10.0. The lowest BCUT2D eigenvalue weighted by Crippen LogP contribution is -2.26. The van der Waals surface area contributed by atoms with Gasteiger partial charge in [-0.1, -0.05) is 0 Å². The molecule has 1 N–H and O–H groups in total. The van der Waals surface area contributed by atoms with Crippen molar-refractivity contribution in [1.29, 1.82) is 0 Å². The maximum Gasteiger partial charge on any atom is 0.119 e. The molecule has 2 heterocycles. The molecule has 0 bridgehead atoms. The summed E-state index contributed by atoms with van der Waals surface area (Å²) in [6.07, 6.45) is 4.62. The fourth-order valence-corrected chi connectivity index (χ4v) is 2.41. The van der Waals surface area contributed by atoms with Gasteiger partial charge in [0.25, 0.3) is 0 Å². The standard InChI is InChI=1S/C13H17N3O/c1-17-12-4-5-13-10(7-12)8-16(15-13)9-11-3-2-6-14-11/h4-5,7-8,11,14H,2-3,6,9H2,1H3. The molecule has 1 unspecified atom stereocenters. The Morgan fingerprint density at radius 3 is 3.24 bits per heavy atom. The van der Waals surface area contributed by atoms with Crippen LogP contribution < -0.4 is 10.1 Å². The first-order chi connectivity index (χ1) is 8.35. The molecule has 1 aromatic carbocycles. The highest BCUT2D eigenvalue weighted by Crippen LogP contribution is 2.20. The lowest BCUT2D eigenvalue weighted by Gasteiger charge is -2.08. The van der Waals surface area contributed by atoms with Crippen molar-refractivity contribution >= 4 is 10.9 Å². The number of nitrogens with zero attached hydrogens (tertiary/aromatic N) is 2. The van der Waals surface area contributed by atoms with E-state index in [1.807, 2.05) is 22.9 Å². The Bertz CT molecular complexity index is 514. The summed E-state index contributed by atoms with van der Waals surface area (Å²) in [6, 6.07) is 6.56. The number of benzene rings is 1. The molecule has 4 heteroatoms. The third-order valence-corrected chi connectivity index (χ3v) is 3.33. The van der Waals surface area contributed by atoms with Gasteiger partial charge in [-0.15, -0.1) is 0 Å². The summed E-state index contributed by atoms with van der Waals surface area (Å²) in [5.74, 6) is 0.885. The van der Waals surface area contributed by atoms with Gasteiger partial charge in [0.1, 0.15) is 5.75 Å². The van der Waals surface area contributed by atoms with Crippen LogP contribution in [0.15, 0.2) is 24.4 Å². The van der Waals surface area contributed by atoms with Crippen LogP contribution in [0.5, 0.6) is 5.75 Å². The number of fused-ring (bicyclic) bond motifs is 1. The van der Waals surface area contributed by atoms with Gasteiger partial charge in [0.05, 0.1) is 19.2 Å². The van der Waals surface area contributed by atoms with E-state index in [0.717, 1.165) is 29.7 Å². The number of hydrogen-bond acceptors (Lipinski definition) is 3. The van der Waals surface area contributed by atoms with E-state index in [9.17, 15) is 0 Å². The van der Waals surface area contributed by atoms with Crippen LogP contribution in [0.1, 0.15) is 12.8 Å². The van der Waals surface area contributed by atoms with E-state index in [0.29, 0.717) is 6.04 Å². The number of hydrogen-bond donors (Lipinski definition) is 1. The molecule has 90 valence electrons. The third kappa shape index (κ3) is 2.13. The zero-order chi connectivity index (χ0) is 11.7. The maximum absolute atomic E-state index is 5.22. The molecule has 1 saturated heterocycles. The summed E-state index contributed by atoms with van der Waals surface area (Å²) in [7, 11) is 1.69. The van der Waals surface area contributed by atoms with Crippen LogP contribution in [0.4, 0.5) is 0 Å². The monoisotopic (exact) mass is 231 g/mol. The van der Waals surface area contributed by atoms with Crippen molar-refractivity contribution in [3.05, 3.63) is 24.4 Å². The largest absolute Gasteiger partial charge is 0.497 e. The normalized spacial score (nSPS) is 19.9. The molecular formula is C13H17N3O. The van der Waals surface area contributed by atoms with Crippen molar-refractivity contribution < 1.29 is 4.74 Å². The second-order valence-corrected chi connectivity index (χ2v) is 4.57. The average Bonchev–Trinajstić information content (AvgIpc) is 2.96. The fourth-order valence-electron chi connectivity index (χ4n) is 2.41. The summed E-state index contributed by atoms with van der Waals surface area (Å²) in [5.41, 5.74) is 1.03. The predicted octanol–water partition coefficient (Wildman–Crippen LogP) is 1.80. The molecule has 0 radical (unpaired) electrons. The highest BCUT2D eigenvalue weighted by atomic mass is 16.5. The van der Waals surface area contributed by atoms with Gasteiger partial charge < -0.3 is 10.1 Å². The van der Waals surface area contributed by atoms with Crippen molar-refractivity contribution in [1.82, 2.24) is 15.1 Å². The second kappa shape index (κ2) is 4.37. The number of ether oxygens (including phenoxy) is 1. The van der Waals surface area contributed by atoms with Crippen LogP contribution in [-0.2, 0) is 6.54 Å². The predicted molar refractivity (Wildman–Crippen MR) is 67.3 cm³/mol. The summed E-state index contributed by atoms with van der Waals surface area (Å²) < 4.78 is 7.25. The van der Waals surface area contributed by atoms with E-state index in [1.54, 1.807) is 7.11 Å². The Labute approximate surface area is 101 Å². The van der Waals surface area contributed by atoms with Gasteiger partial charge >= 0.3 is 0 Å². The van der Waals surface area contributed by atoms with E-state index in [2.05, 4.69) is 16.6 Å². The molecule has 1 atom stereocenters. The molecule has 0 amide bonds. The van der Waals surface area contributed by atoms with E-state index < -0.39 is 0 Å². The number of nitrogens with one attached hydrogen (secondary N) is 1. The van der Waals surface area contributed by atoms with Crippen molar-refractivity contribution in [2.45, 2.75) is 25.4 Å². The summed E-state index contributed by atoms with van der Waals surface area (Å²) in [6.45, 7) is 2.09. The Morgan fingerprint density at radius 2 is 2.47 bits per heavy atom. The van der Waals surface area contributed by atoms with E-state index in [-0.39, 0.29) is 0 Å². The topological polar surface area (TPSA) is 39.1 Å². The minimum Gasteiger partial charge on any atom is -0.497 e. The molecule has 2 aromatic rings. The Balaban J connectivity index is 1.85. The first-order valence-corrected chi connectivity index (χ1v) is 6.10. The Morgan fingerprint density at radius 1 is 1.53 bits per heavy atom. The van der Waals surface area contributed by atoms with Crippen LogP contribution in [0, 0.1) is 0 Å². The molecule has 1 aromatic heterocycles. The van der Waals surface area contributed by atoms with E-state index in [1.165, 1.54) is 12.8 Å². The quantitative estimate of drug-likeness (QED) is 0.875. The lowest BCUT2D eigenvalue weighted by atomic mass is 10.2. The highest BCUT2D eigenvalue weighted by Gasteiger charge is 2.15. The van der Waals surface area contributed by atoms with Crippen molar-refractivity contribution in [2.24, 2.45) is 0 Å². The minimum atomic E-state index is 0.575. The molecule has 17 heavy (non-hydrogen) atoms. The van der Waals surface area contributed by atoms with Crippen molar-refractivity contribution in [3.8, 4) is 5.75 Å². The van der Waals surface area contributed by atoms with Gasteiger partial charge in [-0.25, -0.2) is 0 Å². The van der Waals surface area contributed by atoms with Crippen LogP contribution in [0.2, 0.25) is 0 Å². The van der Waals surface area contributed by atoms with E-state index in [4.69, 9.17) is 4.74 Å². The Hall–Kier alpha value is -1.55. The minimum absolute atomic E-state index is 0.575. The van der Waals surface area contributed by atoms with Gasteiger partial charge in [0.2, 0.25) is 0 Å². The summed E-state index contributed by atoms with van der Waals surface area (Å²) >= 11 is 0. The molecule has 4 nitrogen and oxygen atoms in total. The number of rotatable bonds is 3. The molecule has 1 fully saturated rings. The molecule has 0 aliphatic carbocycles. The van der Waals surface area contributed by atoms with Crippen LogP contribution >= 0.6 is 0 Å². The molecule has 1 aliphatic heterocycles. The van der Waals surface area contributed by atoms with Crippen molar-refractivity contribution in [3.63, 3.8) is 0 Å². The average molecular weight is 231 g/mol. The second-order valence-electron chi connectivity index (χ2n) is 4.57. The fraction of sp³-hybridized carbons (Fsp3) is 0.462. The SMILES string of the molecule is COc1ccc2nn(CC3CCCN3)cc2c1. The van der Waals surface area contributed by atoms with Gasteiger partial charge in [-0.2, -0.15) is 5.10 Å². The van der Waals surface area contributed by atoms with Gasteiger partial charge in [0.15, 0.2) is 0 Å². The molecule has 1 aliphatic rings. The molecule has 0 saturated carbocycles. The molecule has 3 rings (SSSR count). The lowest BCUT2D eigenvalue weighted by molar-refractivity contribution is 0.415. The zero-order valence-electron chi connectivity index (χ0n) is 10.0.